The average Bonchev–Trinajstić information content (AvgIpc) is 2.19. The molecular weight excluding hydrogens is 162 g/mol. The molecule has 1 aromatic carbocycles. The fraction of sp³-hybridized carbons (Fsp3) is 0.182. The van der Waals surface area contributed by atoms with Crippen LogP contribution in [0.15, 0.2) is 41.6 Å². The van der Waals surface area contributed by atoms with Crippen molar-refractivity contribution >= 4 is 12.3 Å². The van der Waals surface area contributed by atoms with Gasteiger partial charge in [0.2, 0.25) is 0 Å². The van der Waals surface area contributed by atoms with Crippen LogP contribution in [-0.2, 0) is 4.84 Å². The van der Waals surface area contributed by atoms with E-state index in [1.54, 1.807) is 6.92 Å². The van der Waals surface area contributed by atoms with Gasteiger partial charge >= 0.3 is 0 Å². The van der Waals surface area contributed by atoms with Crippen LogP contribution in [0.1, 0.15) is 12.5 Å². The highest BCUT2D eigenvalue weighted by Gasteiger charge is 1.80. The van der Waals surface area contributed by atoms with Gasteiger partial charge in [-0.1, -0.05) is 36.4 Å². The Morgan fingerprint density at radius 3 is 2.85 bits per heavy atom. The third kappa shape index (κ3) is 4.11. The number of nitrogens with zero attached hydrogens (tertiary/aromatic N) is 1. The molecule has 0 spiro atoms. The molecule has 2 heteroatoms. The fourth-order valence-electron chi connectivity index (χ4n) is 0.893. The van der Waals surface area contributed by atoms with Gasteiger partial charge in [-0.05, 0) is 11.6 Å². The second-order valence-corrected chi connectivity index (χ2v) is 2.42. The highest BCUT2D eigenvalue weighted by Crippen LogP contribution is 2.00. The van der Waals surface area contributed by atoms with E-state index in [4.69, 9.17) is 4.84 Å². The predicted octanol–water partition coefficient (Wildman–Crippen LogP) is 2.60. The number of hydrogen-bond donors (Lipinski definition) is 0. The highest BCUT2D eigenvalue weighted by atomic mass is 16.6. The molecule has 0 aliphatic rings. The largest absolute Gasteiger partial charge is 0.429 e. The van der Waals surface area contributed by atoms with Gasteiger partial charge in [-0.3, -0.25) is 0 Å². The molecule has 0 saturated carbocycles. The summed E-state index contributed by atoms with van der Waals surface area (Å²) < 4.78 is 0. The summed E-state index contributed by atoms with van der Waals surface area (Å²) in [5.41, 5.74) is 1.16. The zero-order valence-electron chi connectivity index (χ0n) is 7.60. The van der Waals surface area contributed by atoms with E-state index < -0.39 is 0 Å². The Morgan fingerprint density at radius 2 is 2.15 bits per heavy atom. The predicted molar refractivity (Wildman–Crippen MR) is 54.5 cm³/mol. The quantitative estimate of drug-likeness (QED) is 0.297. The zero-order chi connectivity index (χ0) is 9.36. The first-order valence-electron chi connectivity index (χ1n) is 4.14. The van der Waals surface area contributed by atoms with Crippen molar-refractivity contribution in [2.75, 3.05) is 6.61 Å². The molecule has 0 saturated heterocycles. The van der Waals surface area contributed by atoms with Gasteiger partial charge in [0.05, 0.1) is 0 Å². The van der Waals surface area contributed by atoms with E-state index in [9.17, 15) is 0 Å². The summed E-state index contributed by atoms with van der Waals surface area (Å²) in [6.45, 7) is 2.18. The minimum atomic E-state index is 0.482. The van der Waals surface area contributed by atoms with Gasteiger partial charge in [-0.2, -0.15) is 6.92 Å². The molecule has 0 aliphatic heterocycles. The second kappa shape index (κ2) is 6.00. The molecule has 0 heterocycles. The van der Waals surface area contributed by atoms with Crippen molar-refractivity contribution in [2.45, 2.75) is 6.92 Å². The summed E-state index contributed by atoms with van der Waals surface area (Å²) in [7, 11) is 0. The van der Waals surface area contributed by atoms with Crippen molar-refractivity contribution in [3.8, 4) is 0 Å². The smallest absolute Gasteiger partial charge is 0.131 e. The molecule has 0 aliphatic carbocycles. The van der Waals surface area contributed by atoms with Crippen molar-refractivity contribution in [1.82, 2.24) is 0 Å². The molecule has 0 radical (unpaired) electrons. The lowest BCUT2D eigenvalue weighted by atomic mass is 10.2. The van der Waals surface area contributed by atoms with Crippen molar-refractivity contribution in [1.29, 1.82) is 0 Å². The maximum absolute atomic E-state index is 4.83. The Hall–Kier alpha value is -1.57. The van der Waals surface area contributed by atoms with Crippen LogP contribution in [0.3, 0.4) is 0 Å². The van der Waals surface area contributed by atoms with Crippen LogP contribution >= 0.6 is 0 Å². The van der Waals surface area contributed by atoms with E-state index in [0.29, 0.717) is 6.61 Å². The van der Waals surface area contributed by atoms with E-state index in [-0.39, 0.29) is 0 Å². The van der Waals surface area contributed by atoms with Gasteiger partial charge in [0.1, 0.15) is 6.61 Å². The summed E-state index contributed by atoms with van der Waals surface area (Å²) in [5.74, 6) is 0. The molecular formula is C11H12NO-. The Balaban J connectivity index is 2.32. The topological polar surface area (TPSA) is 21.6 Å². The Labute approximate surface area is 78.5 Å². The normalized spacial score (nSPS) is 11.2. The molecule has 0 atom stereocenters. The van der Waals surface area contributed by atoms with E-state index in [2.05, 4.69) is 11.4 Å². The molecule has 0 unspecified atom stereocenters. The van der Waals surface area contributed by atoms with E-state index >= 15 is 0 Å². The number of benzene rings is 1. The maximum atomic E-state index is 4.83. The summed E-state index contributed by atoms with van der Waals surface area (Å²) in [4.78, 5) is 4.83. The SMILES string of the molecule is C[C-]=NOC/C=C/c1ccccc1. The molecule has 13 heavy (non-hydrogen) atoms. The molecule has 1 rings (SSSR count). The molecule has 68 valence electrons. The molecule has 0 bridgehead atoms. The third-order valence-electron chi connectivity index (χ3n) is 1.44. The summed E-state index contributed by atoms with van der Waals surface area (Å²) in [6, 6.07) is 10.1. The van der Waals surface area contributed by atoms with Crippen molar-refractivity contribution < 1.29 is 4.84 Å². The average molecular weight is 174 g/mol. The minimum absolute atomic E-state index is 0.482. The van der Waals surface area contributed by atoms with Gasteiger partial charge in [0.15, 0.2) is 0 Å². The highest BCUT2D eigenvalue weighted by molar-refractivity contribution is 5.52. The van der Waals surface area contributed by atoms with Crippen LogP contribution in [0.2, 0.25) is 0 Å². The first-order chi connectivity index (χ1) is 6.43. The van der Waals surface area contributed by atoms with Crippen LogP contribution in [0.4, 0.5) is 0 Å². The maximum Gasteiger partial charge on any atom is 0.131 e. The van der Waals surface area contributed by atoms with Crippen molar-refractivity contribution in [3.05, 3.63) is 42.0 Å². The first kappa shape index (κ1) is 9.52. The molecule has 0 fully saturated rings. The summed E-state index contributed by atoms with van der Waals surface area (Å²) in [6.07, 6.45) is 6.44. The first-order valence-corrected chi connectivity index (χ1v) is 4.14. The van der Waals surface area contributed by atoms with Gasteiger partial charge < -0.3 is 16.2 Å². The van der Waals surface area contributed by atoms with Crippen molar-refractivity contribution in [2.24, 2.45) is 5.16 Å². The number of hydrogen-bond acceptors (Lipinski definition) is 2. The summed E-state index contributed by atoms with van der Waals surface area (Å²) in [5, 5.41) is 3.50. The van der Waals surface area contributed by atoms with Gasteiger partial charge in [-0.25, -0.2) is 0 Å². The van der Waals surface area contributed by atoms with Crippen LogP contribution in [-0.4, -0.2) is 12.8 Å². The third-order valence-corrected chi connectivity index (χ3v) is 1.44. The fourth-order valence-corrected chi connectivity index (χ4v) is 0.893. The molecule has 1 aromatic rings. The number of rotatable bonds is 4. The Morgan fingerprint density at radius 1 is 1.38 bits per heavy atom. The monoisotopic (exact) mass is 174 g/mol. The van der Waals surface area contributed by atoms with Gasteiger partial charge in [-0.15, -0.1) is 0 Å². The van der Waals surface area contributed by atoms with Crippen LogP contribution in [0.5, 0.6) is 0 Å². The van der Waals surface area contributed by atoms with E-state index in [1.165, 1.54) is 0 Å². The molecule has 0 amide bonds. The van der Waals surface area contributed by atoms with Crippen LogP contribution in [0, 0.1) is 0 Å². The van der Waals surface area contributed by atoms with Crippen molar-refractivity contribution in [3.63, 3.8) is 0 Å². The summed E-state index contributed by atoms with van der Waals surface area (Å²) >= 11 is 0. The standard InChI is InChI=1S/C11H12NO/c1-2-12-13-10-6-9-11-7-4-3-5-8-11/h3-9H,10H2,1H3/q-1/b9-6+. The molecule has 2 nitrogen and oxygen atoms in total. The lowest BCUT2D eigenvalue weighted by Gasteiger charge is -1.98. The second-order valence-electron chi connectivity index (χ2n) is 2.42. The van der Waals surface area contributed by atoms with E-state index in [1.807, 2.05) is 42.5 Å². The Bertz CT molecular complexity index is 277. The zero-order valence-corrected chi connectivity index (χ0v) is 7.60. The lowest BCUT2D eigenvalue weighted by Crippen LogP contribution is -1.80. The lowest BCUT2D eigenvalue weighted by molar-refractivity contribution is 0.176. The molecule has 0 N–H and O–H groups in total. The van der Waals surface area contributed by atoms with Crippen LogP contribution in [0.25, 0.3) is 6.08 Å². The Kier molecular flexibility index (Phi) is 4.39. The van der Waals surface area contributed by atoms with Gasteiger partial charge in [0, 0.05) is 0 Å². The van der Waals surface area contributed by atoms with Crippen LogP contribution < -0.4 is 0 Å². The molecule has 0 aromatic heterocycles. The minimum Gasteiger partial charge on any atom is -0.429 e. The van der Waals surface area contributed by atoms with Gasteiger partial charge in [0.25, 0.3) is 0 Å². The van der Waals surface area contributed by atoms with E-state index in [0.717, 1.165) is 5.56 Å².